The van der Waals surface area contributed by atoms with Gasteiger partial charge in [-0.1, -0.05) is 0 Å². The lowest BCUT2D eigenvalue weighted by Gasteiger charge is -2.25. The molecule has 0 bridgehead atoms. The third-order valence-corrected chi connectivity index (χ3v) is 2.67. The van der Waals surface area contributed by atoms with Gasteiger partial charge in [0.25, 0.3) is 0 Å². The molecule has 0 unspecified atom stereocenters. The number of carboxylic acid groups (broad SMARTS) is 3. The molecule has 0 aliphatic heterocycles. The Hall–Kier alpha value is -1.71. The molecule has 122 valence electrons. The van der Waals surface area contributed by atoms with E-state index in [1.54, 1.807) is 4.90 Å². The average Bonchev–Trinajstić information content (AvgIpc) is 2.30. The summed E-state index contributed by atoms with van der Waals surface area (Å²) in [5.41, 5.74) is 0. The Morgan fingerprint density at radius 3 is 1.38 bits per heavy atom. The Balaban J connectivity index is 4.45. The van der Waals surface area contributed by atoms with Gasteiger partial charge in [-0.3, -0.25) is 24.2 Å². The number of hydrogen-bond acceptors (Lipinski definition) is 6. The van der Waals surface area contributed by atoms with Crippen LogP contribution >= 0.6 is 0 Å². The van der Waals surface area contributed by atoms with E-state index in [9.17, 15) is 14.4 Å². The number of rotatable bonds is 12. The Morgan fingerprint density at radius 2 is 1.00 bits per heavy atom. The van der Waals surface area contributed by atoms with Crippen molar-refractivity contribution in [3.05, 3.63) is 0 Å². The summed E-state index contributed by atoms with van der Waals surface area (Å²) in [6, 6.07) is 0. The molecule has 0 rings (SSSR count). The van der Waals surface area contributed by atoms with Gasteiger partial charge in [-0.05, 0) is 14.1 Å². The van der Waals surface area contributed by atoms with Crippen molar-refractivity contribution in [3.8, 4) is 0 Å². The number of likely N-dealkylation sites (N-methyl/N-ethyl adjacent to an activating group) is 1. The highest BCUT2D eigenvalue weighted by Gasteiger charge is 2.16. The van der Waals surface area contributed by atoms with Gasteiger partial charge in [-0.25, -0.2) is 0 Å². The lowest BCUT2D eigenvalue weighted by molar-refractivity contribution is -0.143. The van der Waals surface area contributed by atoms with Gasteiger partial charge in [0.15, 0.2) is 0 Å². The molecule has 0 radical (unpaired) electrons. The van der Waals surface area contributed by atoms with E-state index in [4.69, 9.17) is 15.3 Å². The van der Waals surface area contributed by atoms with E-state index < -0.39 is 17.9 Å². The van der Waals surface area contributed by atoms with Crippen LogP contribution in [0.4, 0.5) is 0 Å². The highest BCUT2D eigenvalue weighted by atomic mass is 16.4. The molecular formula is C12H23N3O6. The minimum absolute atomic E-state index is 0.165. The van der Waals surface area contributed by atoms with Gasteiger partial charge in [0.05, 0.1) is 19.6 Å². The van der Waals surface area contributed by atoms with E-state index in [1.807, 2.05) is 19.0 Å². The lowest BCUT2D eigenvalue weighted by atomic mass is 10.3. The molecule has 0 saturated carbocycles. The fourth-order valence-electron chi connectivity index (χ4n) is 1.68. The van der Waals surface area contributed by atoms with Crippen LogP contribution < -0.4 is 0 Å². The van der Waals surface area contributed by atoms with E-state index in [0.717, 1.165) is 0 Å². The third-order valence-electron chi connectivity index (χ3n) is 2.67. The first-order valence-corrected chi connectivity index (χ1v) is 6.45. The van der Waals surface area contributed by atoms with Crippen molar-refractivity contribution in [3.63, 3.8) is 0 Å². The monoisotopic (exact) mass is 305 g/mol. The van der Waals surface area contributed by atoms with Crippen molar-refractivity contribution in [2.45, 2.75) is 0 Å². The molecule has 0 spiro atoms. The summed E-state index contributed by atoms with van der Waals surface area (Å²) in [7, 11) is 3.72. The second kappa shape index (κ2) is 10.1. The SMILES string of the molecule is CN(C)CCN(CCN(CC(=O)O)CC(=O)O)CC(=O)O. The highest BCUT2D eigenvalue weighted by molar-refractivity contribution is 5.72. The van der Waals surface area contributed by atoms with Crippen LogP contribution in [-0.2, 0) is 14.4 Å². The van der Waals surface area contributed by atoms with Crippen LogP contribution in [0.25, 0.3) is 0 Å². The summed E-state index contributed by atoms with van der Waals surface area (Å²) in [5.74, 6) is -3.21. The number of carboxylic acids is 3. The standard InChI is InChI=1S/C12H23N3O6/c1-13(2)3-4-14(7-10(16)17)5-6-15(8-11(18)19)9-12(20)21/h3-9H2,1-2H3,(H,16,17)(H,18,19)(H,20,21). The van der Waals surface area contributed by atoms with Crippen LogP contribution in [-0.4, -0.2) is 108 Å². The summed E-state index contributed by atoms with van der Waals surface area (Å²) >= 11 is 0. The van der Waals surface area contributed by atoms with Crippen LogP contribution in [0.3, 0.4) is 0 Å². The maximum Gasteiger partial charge on any atom is 0.317 e. The number of hydrogen-bond donors (Lipinski definition) is 3. The van der Waals surface area contributed by atoms with Gasteiger partial charge in [-0.2, -0.15) is 0 Å². The molecule has 0 atom stereocenters. The topological polar surface area (TPSA) is 122 Å². The molecule has 9 heteroatoms. The largest absolute Gasteiger partial charge is 0.480 e. The van der Waals surface area contributed by atoms with Crippen molar-refractivity contribution < 1.29 is 29.7 Å². The smallest absolute Gasteiger partial charge is 0.317 e. The fourth-order valence-corrected chi connectivity index (χ4v) is 1.68. The van der Waals surface area contributed by atoms with Gasteiger partial charge < -0.3 is 20.2 Å². The summed E-state index contributed by atoms with van der Waals surface area (Å²) in [6.45, 7) is 0.696. The predicted octanol–water partition coefficient (Wildman–Crippen LogP) is -1.59. The van der Waals surface area contributed by atoms with E-state index in [1.165, 1.54) is 4.90 Å². The van der Waals surface area contributed by atoms with Crippen LogP contribution in [0, 0.1) is 0 Å². The van der Waals surface area contributed by atoms with E-state index >= 15 is 0 Å². The Morgan fingerprint density at radius 1 is 0.667 bits per heavy atom. The summed E-state index contributed by atoms with van der Waals surface area (Å²) in [6.07, 6.45) is 0. The molecule has 0 aromatic heterocycles. The molecule has 21 heavy (non-hydrogen) atoms. The number of aliphatic carboxylic acids is 3. The van der Waals surface area contributed by atoms with Gasteiger partial charge in [0, 0.05) is 26.2 Å². The first-order valence-electron chi connectivity index (χ1n) is 6.45. The van der Waals surface area contributed by atoms with Crippen LogP contribution in [0.1, 0.15) is 0 Å². The zero-order chi connectivity index (χ0) is 16.4. The molecule has 9 nitrogen and oxygen atoms in total. The molecule has 0 aromatic carbocycles. The zero-order valence-electron chi connectivity index (χ0n) is 12.4. The second-order valence-electron chi connectivity index (χ2n) is 4.97. The first kappa shape index (κ1) is 19.3. The van der Waals surface area contributed by atoms with Gasteiger partial charge in [-0.15, -0.1) is 0 Å². The predicted molar refractivity (Wildman–Crippen MR) is 74.3 cm³/mol. The quantitative estimate of drug-likeness (QED) is 0.391. The molecule has 0 fully saturated rings. The van der Waals surface area contributed by atoms with Crippen molar-refractivity contribution in [1.29, 1.82) is 0 Å². The molecule has 0 heterocycles. The van der Waals surface area contributed by atoms with Crippen molar-refractivity contribution in [2.75, 3.05) is 59.9 Å². The number of carbonyl (C=O) groups is 3. The van der Waals surface area contributed by atoms with Crippen molar-refractivity contribution >= 4 is 17.9 Å². The molecular weight excluding hydrogens is 282 g/mol. The van der Waals surface area contributed by atoms with Crippen molar-refractivity contribution in [1.82, 2.24) is 14.7 Å². The second-order valence-corrected chi connectivity index (χ2v) is 4.97. The van der Waals surface area contributed by atoms with E-state index in [2.05, 4.69) is 0 Å². The van der Waals surface area contributed by atoms with Crippen LogP contribution in [0.15, 0.2) is 0 Å². The Kier molecular flexibility index (Phi) is 9.26. The molecule has 3 N–H and O–H groups in total. The van der Waals surface area contributed by atoms with Gasteiger partial charge >= 0.3 is 17.9 Å². The van der Waals surface area contributed by atoms with Gasteiger partial charge in [0.2, 0.25) is 0 Å². The number of nitrogens with zero attached hydrogens (tertiary/aromatic N) is 3. The molecule has 0 saturated heterocycles. The summed E-state index contributed by atoms with van der Waals surface area (Å²) < 4.78 is 0. The third kappa shape index (κ3) is 11.8. The lowest BCUT2D eigenvalue weighted by Crippen LogP contribution is -2.43. The zero-order valence-corrected chi connectivity index (χ0v) is 12.4. The summed E-state index contributed by atoms with van der Waals surface area (Å²) in [5, 5.41) is 26.3. The normalized spacial score (nSPS) is 11.3. The minimum atomic E-state index is -1.12. The fraction of sp³-hybridized carbons (Fsp3) is 0.750. The van der Waals surface area contributed by atoms with Crippen LogP contribution in [0.5, 0.6) is 0 Å². The molecule has 0 amide bonds. The molecule has 0 aliphatic carbocycles. The van der Waals surface area contributed by atoms with E-state index in [-0.39, 0.29) is 26.2 Å². The maximum absolute atomic E-state index is 10.8. The average molecular weight is 305 g/mol. The first-order chi connectivity index (χ1) is 9.70. The van der Waals surface area contributed by atoms with Gasteiger partial charge in [0.1, 0.15) is 0 Å². The van der Waals surface area contributed by atoms with Crippen LogP contribution in [0.2, 0.25) is 0 Å². The Labute approximate surface area is 123 Å². The molecule has 0 aromatic rings. The van der Waals surface area contributed by atoms with Crippen molar-refractivity contribution in [2.24, 2.45) is 0 Å². The highest BCUT2D eigenvalue weighted by Crippen LogP contribution is 1.94. The minimum Gasteiger partial charge on any atom is -0.480 e. The maximum atomic E-state index is 10.8. The van der Waals surface area contributed by atoms with E-state index in [0.29, 0.717) is 19.6 Å². The summed E-state index contributed by atoms with van der Waals surface area (Å²) in [4.78, 5) is 37.0. The molecule has 0 aliphatic rings. The Bertz CT molecular complexity index is 345.